The minimum atomic E-state index is -1.09. The number of rotatable bonds is 5. The minimum Gasteiger partial charge on any atom is -0.480 e. The van der Waals surface area contributed by atoms with Crippen LogP contribution in [0.3, 0.4) is 0 Å². The lowest BCUT2D eigenvalue weighted by atomic mass is 10.2. The lowest BCUT2D eigenvalue weighted by Crippen LogP contribution is -2.23. The molecule has 1 aromatic carbocycles. The quantitative estimate of drug-likeness (QED) is 0.617. The third-order valence-electron chi connectivity index (χ3n) is 1.71. The maximum atomic E-state index is 10.4. The fraction of sp³-hybridized carbons (Fsp3) is 0.222. The topological polar surface area (TPSA) is 70.0 Å². The van der Waals surface area contributed by atoms with Gasteiger partial charge in [-0.15, -0.1) is 4.91 Å². The van der Waals surface area contributed by atoms with Crippen molar-refractivity contribution in [1.29, 1.82) is 0 Å². The van der Waals surface area contributed by atoms with Crippen LogP contribution < -0.4 is 0 Å². The van der Waals surface area contributed by atoms with E-state index in [1.165, 1.54) is 0 Å². The molecule has 0 aromatic heterocycles. The zero-order valence-electron chi connectivity index (χ0n) is 7.76. The Morgan fingerprint density at radius 3 is 2.47 bits per heavy atom. The van der Waals surface area contributed by atoms with Gasteiger partial charge in [0.15, 0.2) is 0 Å². The number of carbonyl (C=O) groups is 1. The minimum absolute atomic E-state index is 0.160. The van der Waals surface area contributed by atoms with E-state index in [0.717, 1.165) is 10.6 Å². The van der Waals surface area contributed by atoms with Crippen LogP contribution in [0.4, 0.5) is 0 Å². The number of halogens is 1. The van der Waals surface area contributed by atoms with Crippen LogP contribution in [0, 0.1) is 4.91 Å². The van der Waals surface area contributed by atoms with Gasteiger partial charge in [-0.3, -0.25) is 4.79 Å². The molecular formula is C9H9ClN2O3. The van der Waals surface area contributed by atoms with E-state index in [1.807, 2.05) is 0 Å². The first kappa shape index (κ1) is 11.5. The molecule has 0 amide bonds. The molecule has 0 saturated heterocycles. The number of hydrogen-bond donors (Lipinski definition) is 1. The summed E-state index contributed by atoms with van der Waals surface area (Å²) in [4.78, 5) is 20.6. The highest BCUT2D eigenvalue weighted by Gasteiger charge is 2.08. The Bertz CT molecular complexity index is 353. The molecule has 0 heterocycles. The molecule has 0 fully saturated rings. The van der Waals surface area contributed by atoms with Gasteiger partial charge < -0.3 is 5.11 Å². The van der Waals surface area contributed by atoms with Crippen molar-refractivity contribution < 1.29 is 9.90 Å². The summed E-state index contributed by atoms with van der Waals surface area (Å²) < 4.78 is 0. The molecule has 15 heavy (non-hydrogen) atoms. The van der Waals surface area contributed by atoms with E-state index in [1.54, 1.807) is 24.3 Å². The molecule has 0 aliphatic heterocycles. The molecule has 6 heteroatoms. The second-order valence-corrected chi connectivity index (χ2v) is 3.36. The average Bonchev–Trinajstić information content (AvgIpc) is 2.19. The van der Waals surface area contributed by atoms with E-state index in [2.05, 4.69) is 5.29 Å². The summed E-state index contributed by atoms with van der Waals surface area (Å²) >= 11 is 5.67. The number of aliphatic carboxylic acids is 1. The van der Waals surface area contributed by atoms with Crippen molar-refractivity contribution in [3.05, 3.63) is 39.8 Å². The molecule has 0 saturated carbocycles. The van der Waals surface area contributed by atoms with Crippen LogP contribution in [-0.4, -0.2) is 22.6 Å². The lowest BCUT2D eigenvalue weighted by molar-refractivity contribution is -0.138. The molecule has 5 nitrogen and oxygen atoms in total. The third-order valence-corrected chi connectivity index (χ3v) is 1.96. The Hall–Kier alpha value is -1.62. The van der Waals surface area contributed by atoms with Gasteiger partial charge >= 0.3 is 5.97 Å². The van der Waals surface area contributed by atoms with Gasteiger partial charge in [-0.05, 0) is 17.7 Å². The Balaban J connectivity index is 2.62. The van der Waals surface area contributed by atoms with E-state index >= 15 is 0 Å². The number of carboxylic acid groups (broad SMARTS) is 1. The molecule has 0 unspecified atom stereocenters. The Morgan fingerprint density at radius 1 is 1.40 bits per heavy atom. The molecule has 0 bridgehead atoms. The number of nitroso groups, excluding NO2 is 1. The molecule has 1 aromatic rings. The van der Waals surface area contributed by atoms with Crippen molar-refractivity contribution in [2.45, 2.75) is 6.54 Å². The van der Waals surface area contributed by atoms with Gasteiger partial charge in [0.1, 0.15) is 6.54 Å². The van der Waals surface area contributed by atoms with Crippen LogP contribution in [0.15, 0.2) is 29.6 Å². The van der Waals surface area contributed by atoms with E-state index in [4.69, 9.17) is 16.7 Å². The van der Waals surface area contributed by atoms with Crippen molar-refractivity contribution in [1.82, 2.24) is 5.01 Å². The second-order valence-electron chi connectivity index (χ2n) is 2.92. The van der Waals surface area contributed by atoms with Crippen LogP contribution in [0.25, 0.3) is 0 Å². The highest BCUT2D eigenvalue weighted by Crippen LogP contribution is 2.11. The van der Waals surface area contributed by atoms with Gasteiger partial charge in [0.2, 0.25) is 0 Å². The van der Waals surface area contributed by atoms with Crippen molar-refractivity contribution in [2.24, 2.45) is 5.29 Å². The largest absolute Gasteiger partial charge is 0.480 e. The standard InChI is InChI=1S/C9H9ClN2O3/c10-8-3-1-7(2-4-8)5-12(11-15)6-9(13)14/h1-4H,5-6H2,(H,13,14). The lowest BCUT2D eigenvalue weighted by Gasteiger charge is -2.12. The van der Waals surface area contributed by atoms with E-state index in [-0.39, 0.29) is 6.54 Å². The molecule has 0 aliphatic carbocycles. The van der Waals surface area contributed by atoms with Gasteiger partial charge in [-0.1, -0.05) is 23.7 Å². The first-order valence-corrected chi connectivity index (χ1v) is 4.54. The van der Waals surface area contributed by atoms with Crippen molar-refractivity contribution in [3.8, 4) is 0 Å². The van der Waals surface area contributed by atoms with Gasteiger partial charge in [-0.2, -0.15) is 0 Å². The second kappa shape index (κ2) is 5.31. The number of benzene rings is 1. The molecule has 80 valence electrons. The first-order valence-electron chi connectivity index (χ1n) is 4.16. The smallest absolute Gasteiger partial charge is 0.325 e. The predicted octanol–water partition coefficient (Wildman–Crippen LogP) is 1.91. The summed E-state index contributed by atoms with van der Waals surface area (Å²) in [6, 6.07) is 6.76. The number of hydrogen-bond acceptors (Lipinski definition) is 3. The van der Waals surface area contributed by atoms with Gasteiger partial charge in [-0.25, -0.2) is 5.01 Å². The number of carboxylic acids is 1. The Kier molecular flexibility index (Phi) is 4.05. The highest BCUT2D eigenvalue weighted by molar-refractivity contribution is 6.30. The third kappa shape index (κ3) is 3.95. The SMILES string of the molecule is O=NN(CC(=O)O)Cc1ccc(Cl)cc1. The summed E-state index contributed by atoms with van der Waals surface area (Å²) in [7, 11) is 0. The molecule has 0 atom stereocenters. The van der Waals surface area contributed by atoms with Crippen LogP contribution >= 0.6 is 11.6 Å². The normalized spacial score (nSPS) is 9.67. The van der Waals surface area contributed by atoms with Gasteiger partial charge in [0.25, 0.3) is 0 Å². The van der Waals surface area contributed by atoms with Crippen molar-refractivity contribution >= 4 is 17.6 Å². The summed E-state index contributed by atoms with van der Waals surface area (Å²) in [5.74, 6) is -1.09. The van der Waals surface area contributed by atoms with E-state index < -0.39 is 12.5 Å². The monoisotopic (exact) mass is 228 g/mol. The molecule has 1 N–H and O–H groups in total. The van der Waals surface area contributed by atoms with Crippen LogP contribution in [0.2, 0.25) is 5.02 Å². The van der Waals surface area contributed by atoms with Crippen LogP contribution in [-0.2, 0) is 11.3 Å². The molecule has 0 radical (unpaired) electrons. The number of nitrogens with zero attached hydrogens (tertiary/aromatic N) is 2. The zero-order chi connectivity index (χ0) is 11.3. The fourth-order valence-corrected chi connectivity index (χ4v) is 1.20. The zero-order valence-corrected chi connectivity index (χ0v) is 8.52. The van der Waals surface area contributed by atoms with E-state index in [0.29, 0.717) is 5.02 Å². The molecule has 1 rings (SSSR count). The Labute approximate surface area is 91.2 Å². The van der Waals surface area contributed by atoms with Gasteiger partial charge in [0, 0.05) is 5.02 Å². The maximum Gasteiger partial charge on any atom is 0.325 e. The Morgan fingerprint density at radius 2 is 2.00 bits per heavy atom. The summed E-state index contributed by atoms with van der Waals surface area (Å²) in [5, 5.41) is 12.6. The van der Waals surface area contributed by atoms with Crippen molar-refractivity contribution in [2.75, 3.05) is 6.54 Å². The van der Waals surface area contributed by atoms with Crippen molar-refractivity contribution in [3.63, 3.8) is 0 Å². The molecule has 0 spiro atoms. The van der Waals surface area contributed by atoms with Crippen LogP contribution in [0.1, 0.15) is 5.56 Å². The predicted molar refractivity (Wildman–Crippen MR) is 55.3 cm³/mol. The van der Waals surface area contributed by atoms with E-state index in [9.17, 15) is 9.70 Å². The van der Waals surface area contributed by atoms with Gasteiger partial charge in [0.05, 0.1) is 11.8 Å². The molecule has 0 aliphatic rings. The summed E-state index contributed by atoms with van der Waals surface area (Å²) in [6.45, 7) is -0.251. The van der Waals surface area contributed by atoms with Crippen LogP contribution in [0.5, 0.6) is 0 Å². The maximum absolute atomic E-state index is 10.4. The summed E-state index contributed by atoms with van der Waals surface area (Å²) in [6.07, 6.45) is 0. The molecular weight excluding hydrogens is 220 g/mol. The highest BCUT2D eigenvalue weighted by atomic mass is 35.5. The first-order chi connectivity index (χ1) is 7.11. The fourth-order valence-electron chi connectivity index (χ4n) is 1.07. The average molecular weight is 229 g/mol. The summed E-state index contributed by atoms with van der Waals surface area (Å²) in [5.41, 5.74) is 0.778.